The van der Waals surface area contributed by atoms with Crippen LogP contribution in [0.4, 0.5) is 4.39 Å². The van der Waals surface area contributed by atoms with Crippen LogP contribution in [0.2, 0.25) is 0 Å². The Labute approximate surface area is 91.7 Å². The summed E-state index contributed by atoms with van der Waals surface area (Å²) in [6.45, 7) is 0. The van der Waals surface area contributed by atoms with E-state index in [4.69, 9.17) is 21.1 Å². The van der Waals surface area contributed by atoms with Gasteiger partial charge in [0.05, 0.1) is 25.7 Å². The molecule has 1 aromatic carbocycles. The molecule has 0 atom stereocenters. The molecule has 0 N–H and O–H groups in total. The third-order valence-corrected chi connectivity index (χ3v) is 2.13. The van der Waals surface area contributed by atoms with Crippen molar-refractivity contribution in [3.8, 4) is 11.5 Å². The van der Waals surface area contributed by atoms with E-state index < -0.39 is 11.6 Å². The van der Waals surface area contributed by atoms with Gasteiger partial charge in [0.25, 0.3) is 0 Å². The second kappa shape index (κ2) is 4.98. The fraction of sp³-hybridized carbons (Fsp3) is 0.300. The number of rotatable bonds is 4. The van der Waals surface area contributed by atoms with Gasteiger partial charge in [0.15, 0.2) is 5.78 Å². The number of Topliss-reactive ketones (excluding diaryl/α,β-unsaturated/α-hetero) is 1. The average Bonchev–Trinajstić information content (AvgIpc) is 2.26. The molecule has 0 spiro atoms. The molecule has 3 nitrogen and oxygen atoms in total. The highest BCUT2D eigenvalue weighted by atomic mass is 35.5. The lowest BCUT2D eigenvalue weighted by Crippen LogP contribution is -2.07. The second-order valence-corrected chi connectivity index (χ2v) is 3.01. The number of carbonyl (C=O) groups excluding carboxylic acids is 1. The number of methoxy groups -OCH3 is 2. The van der Waals surface area contributed by atoms with Crippen LogP contribution in [-0.4, -0.2) is 25.9 Å². The van der Waals surface area contributed by atoms with Crippen molar-refractivity contribution in [2.45, 2.75) is 0 Å². The van der Waals surface area contributed by atoms with E-state index in [1.54, 1.807) is 0 Å². The van der Waals surface area contributed by atoms with Gasteiger partial charge in [0.1, 0.15) is 17.3 Å². The minimum atomic E-state index is -0.697. The molecule has 0 aliphatic heterocycles. The van der Waals surface area contributed by atoms with Crippen molar-refractivity contribution in [2.24, 2.45) is 0 Å². The summed E-state index contributed by atoms with van der Waals surface area (Å²) in [7, 11) is 2.75. The summed E-state index contributed by atoms with van der Waals surface area (Å²) in [5.74, 6) is -1.10. The molecule has 0 unspecified atom stereocenters. The highest BCUT2D eigenvalue weighted by Crippen LogP contribution is 2.28. The Morgan fingerprint density at radius 3 is 2.53 bits per heavy atom. The van der Waals surface area contributed by atoms with Crippen LogP contribution in [0.5, 0.6) is 11.5 Å². The SMILES string of the molecule is COc1cc(F)c(C(=O)CCl)c(OC)c1. The van der Waals surface area contributed by atoms with Crippen molar-refractivity contribution in [3.05, 3.63) is 23.5 Å². The van der Waals surface area contributed by atoms with Gasteiger partial charge >= 0.3 is 0 Å². The smallest absolute Gasteiger partial charge is 0.184 e. The zero-order valence-corrected chi connectivity index (χ0v) is 9.10. The van der Waals surface area contributed by atoms with Crippen LogP contribution < -0.4 is 9.47 Å². The van der Waals surface area contributed by atoms with E-state index in [2.05, 4.69) is 0 Å². The Morgan fingerprint density at radius 2 is 2.07 bits per heavy atom. The standard InChI is InChI=1S/C10H10ClFO3/c1-14-6-3-7(12)10(8(13)5-11)9(4-6)15-2/h3-4H,5H2,1-2H3. The molecule has 0 fully saturated rings. The molecule has 1 rings (SSSR count). The Balaban J connectivity index is 3.30. The molecule has 1 aromatic rings. The van der Waals surface area contributed by atoms with Crippen LogP contribution in [0.15, 0.2) is 12.1 Å². The molecular formula is C10H10ClFO3. The van der Waals surface area contributed by atoms with E-state index >= 15 is 0 Å². The lowest BCUT2D eigenvalue weighted by molar-refractivity contribution is 0.101. The van der Waals surface area contributed by atoms with Crippen molar-refractivity contribution in [2.75, 3.05) is 20.1 Å². The third kappa shape index (κ3) is 2.39. The molecule has 0 aliphatic rings. The first-order valence-corrected chi connectivity index (χ1v) is 4.68. The second-order valence-electron chi connectivity index (χ2n) is 2.74. The van der Waals surface area contributed by atoms with Gasteiger partial charge in [0, 0.05) is 12.1 Å². The average molecular weight is 233 g/mol. The van der Waals surface area contributed by atoms with Crippen molar-refractivity contribution >= 4 is 17.4 Å². The van der Waals surface area contributed by atoms with Gasteiger partial charge in [-0.15, -0.1) is 11.6 Å². The molecule has 0 heterocycles. The fourth-order valence-electron chi connectivity index (χ4n) is 1.17. The van der Waals surface area contributed by atoms with Crippen molar-refractivity contribution in [3.63, 3.8) is 0 Å². The molecule has 15 heavy (non-hydrogen) atoms. The van der Waals surface area contributed by atoms with Crippen LogP contribution in [0.25, 0.3) is 0 Å². The third-order valence-electron chi connectivity index (χ3n) is 1.88. The van der Waals surface area contributed by atoms with Crippen LogP contribution in [-0.2, 0) is 0 Å². The molecule has 5 heteroatoms. The van der Waals surface area contributed by atoms with Crippen molar-refractivity contribution < 1.29 is 18.7 Å². The van der Waals surface area contributed by atoms with Crippen molar-refractivity contribution in [1.82, 2.24) is 0 Å². The number of alkyl halides is 1. The van der Waals surface area contributed by atoms with Crippen LogP contribution >= 0.6 is 11.6 Å². The highest BCUT2D eigenvalue weighted by Gasteiger charge is 2.18. The molecule has 0 aliphatic carbocycles. The van der Waals surface area contributed by atoms with Crippen molar-refractivity contribution in [1.29, 1.82) is 0 Å². The van der Waals surface area contributed by atoms with E-state index in [-0.39, 0.29) is 22.9 Å². The molecule has 0 bridgehead atoms. The van der Waals surface area contributed by atoms with Gasteiger partial charge < -0.3 is 9.47 Å². The van der Waals surface area contributed by atoms with Gasteiger partial charge in [-0.1, -0.05) is 0 Å². The van der Waals surface area contributed by atoms with E-state index in [1.807, 2.05) is 0 Å². The number of ketones is 1. The van der Waals surface area contributed by atoms with Crippen LogP contribution in [0.1, 0.15) is 10.4 Å². The minimum Gasteiger partial charge on any atom is -0.497 e. The Hall–Kier alpha value is -1.29. The number of hydrogen-bond acceptors (Lipinski definition) is 3. The quantitative estimate of drug-likeness (QED) is 0.590. The first-order valence-electron chi connectivity index (χ1n) is 4.14. The number of hydrogen-bond donors (Lipinski definition) is 0. The first-order chi connectivity index (χ1) is 7.13. The van der Waals surface area contributed by atoms with Crippen LogP contribution in [0.3, 0.4) is 0 Å². The van der Waals surface area contributed by atoms with E-state index in [9.17, 15) is 9.18 Å². The Kier molecular flexibility index (Phi) is 3.91. The molecule has 0 radical (unpaired) electrons. The normalized spacial score (nSPS) is 9.87. The van der Waals surface area contributed by atoms with E-state index in [0.717, 1.165) is 6.07 Å². The van der Waals surface area contributed by atoms with Gasteiger partial charge in [0.2, 0.25) is 0 Å². The molecule has 0 aromatic heterocycles. The largest absolute Gasteiger partial charge is 0.497 e. The fourth-order valence-corrected chi connectivity index (χ4v) is 1.31. The molecule has 82 valence electrons. The zero-order chi connectivity index (χ0) is 11.4. The number of carbonyl (C=O) groups is 1. The maximum absolute atomic E-state index is 13.5. The molecule has 0 saturated carbocycles. The summed E-state index contributed by atoms with van der Waals surface area (Å²) in [6.07, 6.45) is 0. The lowest BCUT2D eigenvalue weighted by atomic mass is 10.1. The predicted molar refractivity (Wildman–Crippen MR) is 54.6 cm³/mol. The number of halogens is 2. The Morgan fingerprint density at radius 1 is 1.40 bits per heavy atom. The van der Waals surface area contributed by atoms with Gasteiger partial charge in [-0.25, -0.2) is 4.39 Å². The van der Waals surface area contributed by atoms with E-state index in [1.165, 1.54) is 20.3 Å². The molecule has 0 saturated heterocycles. The summed E-state index contributed by atoms with van der Waals surface area (Å²) in [4.78, 5) is 11.3. The van der Waals surface area contributed by atoms with E-state index in [0.29, 0.717) is 0 Å². The zero-order valence-electron chi connectivity index (χ0n) is 8.34. The minimum absolute atomic E-state index is 0.123. The number of benzene rings is 1. The summed E-state index contributed by atoms with van der Waals surface area (Å²) in [5.41, 5.74) is -0.145. The summed E-state index contributed by atoms with van der Waals surface area (Å²) < 4.78 is 23.2. The monoisotopic (exact) mass is 232 g/mol. The maximum atomic E-state index is 13.5. The first kappa shape index (κ1) is 11.8. The topological polar surface area (TPSA) is 35.5 Å². The molecule has 0 amide bonds. The van der Waals surface area contributed by atoms with Gasteiger partial charge in [-0.2, -0.15) is 0 Å². The Bertz CT molecular complexity index is 379. The summed E-state index contributed by atoms with van der Waals surface area (Å²) in [6, 6.07) is 2.55. The summed E-state index contributed by atoms with van der Waals surface area (Å²) >= 11 is 5.36. The van der Waals surface area contributed by atoms with Gasteiger partial charge in [-0.3, -0.25) is 4.79 Å². The lowest BCUT2D eigenvalue weighted by Gasteiger charge is -2.09. The highest BCUT2D eigenvalue weighted by molar-refractivity contribution is 6.30. The van der Waals surface area contributed by atoms with Gasteiger partial charge in [-0.05, 0) is 0 Å². The van der Waals surface area contributed by atoms with Crippen LogP contribution in [0, 0.1) is 5.82 Å². The molecular weight excluding hydrogens is 223 g/mol. The maximum Gasteiger partial charge on any atom is 0.184 e. The number of ether oxygens (including phenoxy) is 2. The summed E-state index contributed by atoms with van der Waals surface area (Å²) in [5, 5.41) is 0. The predicted octanol–water partition coefficient (Wildman–Crippen LogP) is 2.26.